The fourth-order valence-corrected chi connectivity index (χ4v) is 1.92. The van der Waals surface area contributed by atoms with E-state index in [4.69, 9.17) is 16.7 Å². The number of hydrogen-bond acceptors (Lipinski definition) is 3. The summed E-state index contributed by atoms with van der Waals surface area (Å²) in [5, 5.41) is 16.4. The summed E-state index contributed by atoms with van der Waals surface area (Å²) in [6, 6.07) is 8.45. The zero-order valence-electron chi connectivity index (χ0n) is 10.4. The van der Waals surface area contributed by atoms with Crippen LogP contribution in [-0.4, -0.2) is 27.4 Å². The van der Waals surface area contributed by atoms with E-state index in [0.29, 0.717) is 22.9 Å². The van der Waals surface area contributed by atoms with Gasteiger partial charge >= 0.3 is 0 Å². The molecule has 1 heterocycles. The summed E-state index contributed by atoms with van der Waals surface area (Å²) in [5.74, 6) is 0.290. The lowest BCUT2D eigenvalue weighted by atomic mass is 10.2. The minimum Gasteiger partial charge on any atom is -0.394 e. The highest BCUT2D eigenvalue weighted by molar-refractivity contribution is 6.31. The number of anilines is 1. The number of rotatable bonds is 4. The first-order chi connectivity index (χ1) is 9.10. The third kappa shape index (κ3) is 3.33. The minimum absolute atomic E-state index is 0.0405. The Hall–Kier alpha value is -1.85. The number of aryl methyl sites for hydroxylation is 1. The predicted molar refractivity (Wildman–Crippen MR) is 73.5 cm³/mol. The Morgan fingerprint density at radius 1 is 1.47 bits per heavy atom. The van der Waals surface area contributed by atoms with Gasteiger partial charge in [-0.1, -0.05) is 17.7 Å². The number of benzene rings is 1. The second kappa shape index (κ2) is 5.86. The van der Waals surface area contributed by atoms with E-state index in [0.717, 1.165) is 5.69 Å². The molecule has 5 nitrogen and oxygen atoms in total. The molecule has 0 bridgehead atoms. The van der Waals surface area contributed by atoms with Crippen molar-refractivity contribution in [2.75, 3.05) is 11.9 Å². The van der Waals surface area contributed by atoms with Gasteiger partial charge in [-0.05, 0) is 25.1 Å². The Kier molecular flexibility index (Phi) is 4.19. The number of amides is 1. The molecule has 0 saturated heterocycles. The lowest BCUT2D eigenvalue weighted by Gasteiger charge is -2.07. The molecule has 1 aromatic carbocycles. The number of aromatic nitrogens is 2. The highest BCUT2D eigenvalue weighted by atomic mass is 35.5. The Bertz CT molecular complexity index is 595. The standard InChI is InChI=1S/C13H14ClN3O2/c1-9-7-12(17(16-9)5-6-18)15-13(19)10-3-2-4-11(14)8-10/h2-4,7-8,18H,5-6H2,1H3,(H,15,19). The maximum absolute atomic E-state index is 12.1. The third-order valence-corrected chi connectivity index (χ3v) is 2.78. The fourth-order valence-electron chi connectivity index (χ4n) is 1.73. The molecule has 2 rings (SSSR count). The van der Waals surface area contributed by atoms with Gasteiger partial charge in [0.25, 0.3) is 5.91 Å². The maximum atomic E-state index is 12.1. The maximum Gasteiger partial charge on any atom is 0.256 e. The summed E-state index contributed by atoms with van der Waals surface area (Å²) in [4.78, 5) is 12.1. The highest BCUT2D eigenvalue weighted by Crippen LogP contribution is 2.14. The number of carbonyl (C=O) groups is 1. The van der Waals surface area contributed by atoms with Crippen molar-refractivity contribution in [1.82, 2.24) is 9.78 Å². The van der Waals surface area contributed by atoms with Crippen molar-refractivity contribution in [1.29, 1.82) is 0 Å². The summed E-state index contributed by atoms with van der Waals surface area (Å²) in [5.41, 5.74) is 1.25. The van der Waals surface area contributed by atoms with Crippen LogP contribution < -0.4 is 5.32 Å². The quantitative estimate of drug-likeness (QED) is 0.900. The first-order valence-electron chi connectivity index (χ1n) is 5.82. The van der Waals surface area contributed by atoms with Crippen LogP contribution in [0.15, 0.2) is 30.3 Å². The zero-order chi connectivity index (χ0) is 13.8. The van der Waals surface area contributed by atoms with Crippen LogP contribution >= 0.6 is 11.6 Å². The summed E-state index contributed by atoms with van der Waals surface area (Å²) in [7, 11) is 0. The summed E-state index contributed by atoms with van der Waals surface area (Å²) >= 11 is 5.85. The number of nitrogens with one attached hydrogen (secondary N) is 1. The number of aliphatic hydroxyl groups is 1. The third-order valence-electron chi connectivity index (χ3n) is 2.54. The number of nitrogens with zero attached hydrogens (tertiary/aromatic N) is 2. The molecule has 0 spiro atoms. The van der Waals surface area contributed by atoms with Gasteiger partial charge in [0.1, 0.15) is 5.82 Å². The highest BCUT2D eigenvalue weighted by Gasteiger charge is 2.11. The molecule has 0 saturated carbocycles. The van der Waals surface area contributed by atoms with Gasteiger partial charge in [-0.15, -0.1) is 0 Å². The van der Waals surface area contributed by atoms with Crippen molar-refractivity contribution in [3.05, 3.63) is 46.6 Å². The molecule has 0 aliphatic rings. The van der Waals surface area contributed by atoms with Crippen LogP contribution in [-0.2, 0) is 6.54 Å². The normalized spacial score (nSPS) is 10.5. The van der Waals surface area contributed by atoms with E-state index in [9.17, 15) is 4.79 Å². The largest absolute Gasteiger partial charge is 0.394 e. The van der Waals surface area contributed by atoms with Crippen molar-refractivity contribution in [2.45, 2.75) is 13.5 Å². The lowest BCUT2D eigenvalue weighted by molar-refractivity contribution is 0.102. The number of aliphatic hydroxyl groups excluding tert-OH is 1. The fraction of sp³-hybridized carbons (Fsp3) is 0.231. The van der Waals surface area contributed by atoms with Crippen LogP contribution in [0.1, 0.15) is 16.1 Å². The van der Waals surface area contributed by atoms with Crippen molar-refractivity contribution in [3.8, 4) is 0 Å². The number of hydrogen-bond donors (Lipinski definition) is 2. The molecule has 2 N–H and O–H groups in total. The molecule has 0 radical (unpaired) electrons. The molecular formula is C13H14ClN3O2. The Morgan fingerprint density at radius 2 is 2.26 bits per heavy atom. The zero-order valence-corrected chi connectivity index (χ0v) is 11.2. The summed E-state index contributed by atoms with van der Waals surface area (Å²) < 4.78 is 1.55. The smallest absolute Gasteiger partial charge is 0.256 e. The molecule has 1 aromatic heterocycles. The monoisotopic (exact) mass is 279 g/mol. The van der Waals surface area contributed by atoms with Crippen LogP contribution in [0.25, 0.3) is 0 Å². The van der Waals surface area contributed by atoms with Crippen LogP contribution in [0.3, 0.4) is 0 Å². The van der Waals surface area contributed by atoms with E-state index in [1.54, 1.807) is 35.0 Å². The van der Waals surface area contributed by atoms with Gasteiger partial charge in [0.05, 0.1) is 18.8 Å². The molecule has 0 unspecified atom stereocenters. The molecule has 0 aliphatic carbocycles. The van der Waals surface area contributed by atoms with E-state index in [-0.39, 0.29) is 12.5 Å². The average molecular weight is 280 g/mol. The van der Waals surface area contributed by atoms with Crippen molar-refractivity contribution in [2.24, 2.45) is 0 Å². The summed E-state index contributed by atoms with van der Waals surface area (Å²) in [6.45, 7) is 2.11. The first kappa shape index (κ1) is 13.6. The number of halogens is 1. The SMILES string of the molecule is Cc1cc(NC(=O)c2cccc(Cl)c2)n(CCO)n1. The molecule has 2 aromatic rings. The molecule has 0 atom stereocenters. The molecular weight excluding hydrogens is 266 g/mol. The molecule has 100 valence electrons. The molecule has 0 fully saturated rings. The minimum atomic E-state index is -0.262. The van der Waals surface area contributed by atoms with Crippen LogP contribution in [0.4, 0.5) is 5.82 Å². The van der Waals surface area contributed by atoms with E-state index >= 15 is 0 Å². The van der Waals surface area contributed by atoms with E-state index < -0.39 is 0 Å². The second-order valence-electron chi connectivity index (χ2n) is 4.08. The topological polar surface area (TPSA) is 67.2 Å². The molecule has 1 amide bonds. The van der Waals surface area contributed by atoms with Crippen molar-refractivity contribution < 1.29 is 9.90 Å². The van der Waals surface area contributed by atoms with Crippen molar-refractivity contribution in [3.63, 3.8) is 0 Å². The lowest BCUT2D eigenvalue weighted by Crippen LogP contribution is -2.16. The van der Waals surface area contributed by atoms with Gasteiger partial charge in [0, 0.05) is 16.7 Å². The van der Waals surface area contributed by atoms with Crippen LogP contribution in [0.5, 0.6) is 0 Å². The van der Waals surface area contributed by atoms with Gasteiger partial charge in [-0.25, -0.2) is 4.68 Å². The van der Waals surface area contributed by atoms with Gasteiger partial charge in [0.2, 0.25) is 0 Å². The van der Waals surface area contributed by atoms with Crippen molar-refractivity contribution >= 4 is 23.3 Å². The predicted octanol–water partition coefficient (Wildman–Crippen LogP) is 2.09. The Labute approximate surface area is 115 Å². The van der Waals surface area contributed by atoms with E-state index in [1.165, 1.54) is 0 Å². The Balaban J connectivity index is 2.19. The number of carbonyl (C=O) groups excluding carboxylic acids is 1. The molecule has 0 aliphatic heterocycles. The second-order valence-corrected chi connectivity index (χ2v) is 4.52. The average Bonchev–Trinajstić information content (AvgIpc) is 2.70. The van der Waals surface area contributed by atoms with Gasteiger partial charge in [-0.3, -0.25) is 4.79 Å². The first-order valence-corrected chi connectivity index (χ1v) is 6.20. The van der Waals surface area contributed by atoms with Gasteiger partial charge in [0.15, 0.2) is 0 Å². The van der Waals surface area contributed by atoms with Gasteiger partial charge in [-0.2, -0.15) is 5.10 Å². The summed E-state index contributed by atoms with van der Waals surface area (Å²) in [6.07, 6.45) is 0. The van der Waals surface area contributed by atoms with E-state index in [1.807, 2.05) is 6.92 Å². The van der Waals surface area contributed by atoms with Crippen LogP contribution in [0.2, 0.25) is 5.02 Å². The van der Waals surface area contributed by atoms with Crippen LogP contribution in [0, 0.1) is 6.92 Å². The van der Waals surface area contributed by atoms with E-state index in [2.05, 4.69) is 10.4 Å². The molecule has 19 heavy (non-hydrogen) atoms. The van der Waals surface area contributed by atoms with Gasteiger partial charge < -0.3 is 10.4 Å². The Morgan fingerprint density at radius 3 is 2.95 bits per heavy atom. The molecule has 6 heteroatoms.